The first-order valence-corrected chi connectivity index (χ1v) is 13.9. The Morgan fingerprint density at radius 2 is 1.69 bits per heavy atom. The molecule has 0 amide bonds. The standard InChI is InChI=1S/C26H28ClFN4O2Si/c1-25(2,3)35(19-10-6-4-7-11-19,20-12-8-5-9-13-20)34-16-26(28)14-21(33-15-26)32-18-31-22-23(27)29-17-30-24(22)32/h4-13,17-18,21H,14-16H2,1-3H3. The average molecular weight is 511 g/mol. The zero-order valence-electron chi connectivity index (χ0n) is 20.0. The van der Waals surface area contributed by atoms with Crippen molar-refractivity contribution in [2.45, 2.75) is 44.1 Å². The number of imidazole rings is 1. The van der Waals surface area contributed by atoms with Gasteiger partial charge in [0.15, 0.2) is 16.5 Å². The van der Waals surface area contributed by atoms with Crippen LogP contribution in [0.2, 0.25) is 10.2 Å². The van der Waals surface area contributed by atoms with E-state index in [4.69, 9.17) is 20.8 Å². The molecule has 0 N–H and O–H groups in total. The predicted octanol–water partition coefficient (Wildman–Crippen LogP) is 4.68. The van der Waals surface area contributed by atoms with Gasteiger partial charge >= 0.3 is 0 Å². The van der Waals surface area contributed by atoms with E-state index in [0.29, 0.717) is 11.2 Å². The van der Waals surface area contributed by atoms with Crippen LogP contribution in [0.15, 0.2) is 73.3 Å². The highest BCUT2D eigenvalue weighted by Gasteiger charge is 2.53. The maximum absolute atomic E-state index is 16.3. The first kappa shape index (κ1) is 24.1. The largest absolute Gasteiger partial charge is 0.404 e. The van der Waals surface area contributed by atoms with Crippen LogP contribution in [0.4, 0.5) is 4.39 Å². The van der Waals surface area contributed by atoms with Gasteiger partial charge in [-0.25, -0.2) is 19.3 Å². The first-order chi connectivity index (χ1) is 16.7. The molecule has 35 heavy (non-hydrogen) atoms. The molecule has 0 aliphatic carbocycles. The third-order valence-corrected chi connectivity index (χ3v) is 11.9. The molecule has 182 valence electrons. The molecule has 2 atom stereocenters. The Morgan fingerprint density at radius 3 is 2.29 bits per heavy atom. The molecule has 0 bridgehead atoms. The summed E-state index contributed by atoms with van der Waals surface area (Å²) in [7, 11) is -2.86. The lowest BCUT2D eigenvalue weighted by Gasteiger charge is -2.44. The number of benzene rings is 2. The summed E-state index contributed by atoms with van der Waals surface area (Å²) in [5, 5.41) is 2.25. The van der Waals surface area contributed by atoms with Gasteiger partial charge in [-0.05, 0) is 15.4 Å². The molecule has 0 radical (unpaired) electrons. The topological polar surface area (TPSA) is 62.1 Å². The highest BCUT2D eigenvalue weighted by molar-refractivity contribution is 6.99. The number of hydrogen-bond donors (Lipinski definition) is 0. The number of hydrogen-bond acceptors (Lipinski definition) is 5. The Balaban J connectivity index is 1.46. The molecule has 1 saturated heterocycles. The fourth-order valence-electron chi connectivity index (χ4n) is 4.99. The molecular weight excluding hydrogens is 483 g/mol. The summed E-state index contributed by atoms with van der Waals surface area (Å²) in [6.45, 7) is 6.39. The molecule has 4 aromatic rings. The van der Waals surface area contributed by atoms with Crippen LogP contribution in [-0.2, 0) is 9.16 Å². The molecule has 2 aromatic heterocycles. The molecular formula is C26H28ClFN4O2Si. The molecule has 2 unspecified atom stereocenters. The summed E-state index contributed by atoms with van der Waals surface area (Å²) in [6, 6.07) is 20.5. The summed E-state index contributed by atoms with van der Waals surface area (Å²) < 4.78 is 30.7. The highest BCUT2D eigenvalue weighted by Crippen LogP contribution is 2.41. The fourth-order valence-corrected chi connectivity index (χ4v) is 9.80. The summed E-state index contributed by atoms with van der Waals surface area (Å²) in [5.74, 6) is 0. The van der Waals surface area contributed by atoms with Crippen molar-refractivity contribution < 1.29 is 13.6 Å². The van der Waals surface area contributed by atoms with Gasteiger partial charge < -0.3 is 9.16 Å². The minimum absolute atomic E-state index is 0.0703. The van der Waals surface area contributed by atoms with Gasteiger partial charge in [0.05, 0.1) is 19.5 Å². The Labute approximate surface area is 210 Å². The smallest absolute Gasteiger partial charge is 0.261 e. The maximum atomic E-state index is 16.3. The number of halogens is 2. The van der Waals surface area contributed by atoms with Crippen molar-refractivity contribution in [1.82, 2.24) is 19.5 Å². The van der Waals surface area contributed by atoms with Crippen LogP contribution < -0.4 is 10.4 Å². The molecule has 3 heterocycles. The van der Waals surface area contributed by atoms with Crippen LogP contribution in [0, 0.1) is 0 Å². The van der Waals surface area contributed by atoms with Crippen molar-refractivity contribution in [3.05, 3.63) is 78.5 Å². The summed E-state index contributed by atoms with van der Waals surface area (Å²) in [5.41, 5.74) is -0.671. The van der Waals surface area contributed by atoms with E-state index in [2.05, 4.69) is 60.0 Å². The lowest BCUT2D eigenvalue weighted by Crippen LogP contribution is -2.67. The monoisotopic (exact) mass is 510 g/mol. The predicted molar refractivity (Wildman–Crippen MR) is 137 cm³/mol. The van der Waals surface area contributed by atoms with Crippen LogP contribution in [-0.4, -0.2) is 46.7 Å². The van der Waals surface area contributed by atoms with Crippen LogP contribution >= 0.6 is 11.6 Å². The summed E-state index contributed by atoms with van der Waals surface area (Å²) >= 11 is 6.13. The SMILES string of the molecule is CC(C)(C)[Si](OCC1(F)COC(n2cnc3c(Cl)ncnc32)C1)(c1ccccc1)c1ccccc1. The number of alkyl halides is 1. The van der Waals surface area contributed by atoms with Gasteiger partial charge in [-0.3, -0.25) is 4.57 Å². The number of nitrogens with zero attached hydrogens (tertiary/aromatic N) is 4. The van der Waals surface area contributed by atoms with E-state index >= 15 is 4.39 Å². The zero-order chi connectivity index (χ0) is 24.7. The van der Waals surface area contributed by atoms with Gasteiger partial charge in [-0.2, -0.15) is 0 Å². The second-order valence-electron chi connectivity index (χ2n) is 10.1. The second-order valence-corrected chi connectivity index (χ2v) is 14.7. The normalized spacial score (nSPS) is 21.0. The van der Waals surface area contributed by atoms with Gasteiger partial charge in [0, 0.05) is 6.42 Å². The number of ether oxygens (including phenoxy) is 1. The van der Waals surface area contributed by atoms with Gasteiger partial charge in [0.1, 0.15) is 18.1 Å². The third-order valence-electron chi connectivity index (χ3n) is 6.66. The molecule has 1 aliphatic heterocycles. The Bertz CT molecular complexity index is 1280. The molecule has 0 saturated carbocycles. The van der Waals surface area contributed by atoms with Crippen molar-refractivity contribution in [1.29, 1.82) is 0 Å². The van der Waals surface area contributed by atoms with E-state index in [1.165, 1.54) is 6.33 Å². The average Bonchev–Trinajstić information content (AvgIpc) is 3.45. The lowest BCUT2D eigenvalue weighted by molar-refractivity contribution is 0.0329. The number of fused-ring (bicyclic) bond motifs is 1. The van der Waals surface area contributed by atoms with Gasteiger partial charge in [0.2, 0.25) is 0 Å². The Kier molecular flexibility index (Phi) is 6.25. The van der Waals surface area contributed by atoms with Crippen molar-refractivity contribution >= 4 is 41.5 Å². The van der Waals surface area contributed by atoms with Crippen LogP contribution in [0.25, 0.3) is 11.2 Å². The van der Waals surface area contributed by atoms with Crippen LogP contribution in [0.3, 0.4) is 0 Å². The molecule has 2 aromatic carbocycles. The summed E-state index contributed by atoms with van der Waals surface area (Å²) in [6.07, 6.45) is 2.51. The quantitative estimate of drug-likeness (QED) is 0.278. The van der Waals surface area contributed by atoms with Crippen molar-refractivity contribution in [3.8, 4) is 0 Å². The third kappa shape index (κ3) is 4.29. The molecule has 1 aliphatic rings. The summed E-state index contributed by atoms with van der Waals surface area (Å²) in [4.78, 5) is 12.5. The molecule has 5 rings (SSSR count). The zero-order valence-corrected chi connectivity index (χ0v) is 21.7. The lowest BCUT2D eigenvalue weighted by atomic mass is 10.1. The Morgan fingerprint density at radius 1 is 1.06 bits per heavy atom. The molecule has 1 fully saturated rings. The van der Waals surface area contributed by atoms with Gasteiger partial charge in [-0.15, -0.1) is 0 Å². The van der Waals surface area contributed by atoms with E-state index < -0.39 is 20.2 Å². The molecule has 9 heteroatoms. The number of rotatable bonds is 6. The van der Waals surface area contributed by atoms with Crippen LogP contribution in [0.5, 0.6) is 0 Å². The van der Waals surface area contributed by atoms with Crippen LogP contribution in [0.1, 0.15) is 33.4 Å². The first-order valence-electron chi connectivity index (χ1n) is 11.6. The fraction of sp³-hybridized carbons (Fsp3) is 0.346. The van der Waals surface area contributed by atoms with E-state index in [1.807, 2.05) is 36.4 Å². The van der Waals surface area contributed by atoms with Crippen molar-refractivity contribution in [2.24, 2.45) is 0 Å². The van der Waals surface area contributed by atoms with E-state index in [0.717, 1.165) is 10.4 Å². The minimum Gasteiger partial charge on any atom is -0.404 e. The maximum Gasteiger partial charge on any atom is 0.261 e. The highest BCUT2D eigenvalue weighted by atomic mass is 35.5. The van der Waals surface area contributed by atoms with Gasteiger partial charge in [0.25, 0.3) is 8.32 Å². The van der Waals surface area contributed by atoms with E-state index in [1.54, 1.807) is 10.9 Å². The van der Waals surface area contributed by atoms with E-state index in [-0.39, 0.29) is 29.8 Å². The van der Waals surface area contributed by atoms with Crippen molar-refractivity contribution in [2.75, 3.05) is 13.2 Å². The van der Waals surface area contributed by atoms with Gasteiger partial charge in [-0.1, -0.05) is 93.0 Å². The van der Waals surface area contributed by atoms with E-state index in [9.17, 15) is 0 Å². The Hall–Kier alpha value is -2.65. The second kappa shape index (κ2) is 9.09. The molecule has 6 nitrogen and oxygen atoms in total. The molecule has 0 spiro atoms. The minimum atomic E-state index is -2.86. The van der Waals surface area contributed by atoms with Crippen molar-refractivity contribution in [3.63, 3.8) is 0 Å². The number of aromatic nitrogens is 4.